The van der Waals surface area contributed by atoms with Crippen molar-refractivity contribution in [3.05, 3.63) is 139 Å². The van der Waals surface area contributed by atoms with E-state index in [0.717, 1.165) is 12.1 Å². The highest BCUT2D eigenvalue weighted by molar-refractivity contribution is 6.35. The lowest BCUT2D eigenvalue weighted by atomic mass is 9.81. The van der Waals surface area contributed by atoms with Crippen LogP contribution in [0.3, 0.4) is 0 Å². The van der Waals surface area contributed by atoms with Crippen molar-refractivity contribution in [3.8, 4) is 11.5 Å². The number of aliphatic imine (C=N–C) groups is 1. The number of benzene rings is 4. The Morgan fingerprint density at radius 2 is 1.73 bits per heavy atom. The monoisotopic (exact) mass is 742 g/mol. The first kappa shape index (κ1) is 37.3. The lowest BCUT2D eigenvalue weighted by molar-refractivity contribution is -0.274. The molecule has 0 saturated carbocycles. The number of nitrogens with zero attached hydrogens (tertiary/aromatic N) is 4. The van der Waals surface area contributed by atoms with Crippen LogP contribution in [0.4, 0.5) is 13.2 Å². The van der Waals surface area contributed by atoms with Gasteiger partial charge in [0.1, 0.15) is 11.5 Å². The van der Waals surface area contributed by atoms with Gasteiger partial charge < -0.3 is 19.3 Å². The van der Waals surface area contributed by atoms with Crippen molar-refractivity contribution in [2.45, 2.75) is 43.9 Å². The minimum Gasteiger partial charge on any atom is -0.494 e. The maximum atomic E-state index is 14.5. The highest BCUT2D eigenvalue weighted by Gasteiger charge is 2.54. The highest BCUT2D eigenvalue weighted by atomic mass is 35.5. The van der Waals surface area contributed by atoms with Crippen molar-refractivity contribution in [2.75, 3.05) is 13.2 Å². The fourth-order valence-electron chi connectivity index (χ4n) is 5.40. The van der Waals surface area contributed by atoms with Gasteiger partial charge in [-0.15, -0.1) is 13.2 Å². The summed E-state index contributed by atoms with van der Waals surface area (Å²) in [6.45, 7) is 0.356. The molecule has 0 spiro atoms. The number of amides is 1. The van der Waals surface area contributed by atoms with Gasteiger partial charge in [0.15, 0.2) is 11.6 Å². The number of carbonyl (C=O) groups is 1. The molecule has 1 amide bonds. The third-order valence-electron chi connectivity index (χ3n) is 7.81. The Morgan fingerprint density at radius 3 is 2.39 bits per heavy atom. The molecular formula is C35H31Cl2F3N6O5. The smallest absolute Gasteiger partial charge is 0.494 e. The topological polar surface area (TPSA) is 150 Å². The number of hydrazine groups is 1. The first-order chi connectivity index (χ1) is 24.5. The van der Waals surface area contributed by atoms with Gasteiger partial charge in [0.05, 0.1) is 13.2 Å². The summed E-state index contributed by atoms with van der Waals surface area (Å²) in [4.78, 5) is 22.4. The third kappa shape index (κ3) is 9.63. The molecule has 51 heavy (non-hydrogen) atoms. The normalized spacial score (nSPS) is 16.8. The Morgan fingerprint density at radius 1 is 1.02 bits per heavy atom. The molecule has 4 aromatic carbocycles. The van der Waals surface area contributed by atoms with E-state index in [1.54, 1.807) is 60.7 Å². The number of hydrogen-bond acceptors (Lipinski definition) is 8. The van der Waals surface area contributed by atoms with Gasteiger partial charge in [-0.3, -0.25) is 10.2 Å². The fourth-order valence-corrected chi connectivity index (χ4v) is 5.91. The standard InChI is InChI=1S/C35H31Cl2F3N6O5/c36-26-10-15-29(30(37)18-26)31-34(19-24-4-1-2-5-25(24)21-43-46-41,44-32(50-31)23-8-13-27(14-9-23)49-17-3-16-47)33(48)45-42-20-22-6-11-28(12-7-22)51-35(38,39)40/h1-2,4-15,18,31,42,47H,3,16-17,19-21H2,(H,45,48)/t31-,34-/m0/s1. The van der Waals surface area contributed by atoms with Gasteiger partial charge in [-0.05, 0) is 70.8 Å². The summed E-state index contributed by atoms with van der Waals surface area (Å²) in [7, 11) is 0. The SMILES string of the molecule is [N-]=[N+]=NCc1ccccc1C[C@]1(C(=O)NNCc2ccc(OC(F)(F)F)cc2)N=C(c2ccc(OCCCO)cc2)O[C@H]1c1ccc(Cl)cc1Cl. The highest BCUT2D eigenvalue weighted by Crippen LogP contribution is 2.45. The van der Waals surface area contributed by atoms with Crippen LogP contribution in [0.25, 0.3) is 10.4 Å². The Balaban J connectivity index is 1.53. The Kier molecular flexibility index (Phi) is 12.3. The average Bonchev–Trinajstić information content (AvgIpc) is 3.48. The number of aliphatic hydroxyl groups excluding tert-OH is 1. The van der Waals surface area contributed by atoms with Crippen LogP contribution in [0.15, 0.2) is 101 Å². The maximum absolute atomic E-state index is 14.5. The van der Waals surface area contributed by atoms with E-state index in [0.29, 0.717) is 51.6 Å². The molecule has 0 radical (unpaired) electrons. The van der Waals surface area contributed by atoms with E-state index in [9.17, 15) is 18.0 Å². The first-order valence-electron chi connectivity index (χ1n) is 15.5. The van der Waals surface area contributed by atoms with Crippen molar-refractivity contribution >= 4 is 35.0 Å². The maximum Gasteiger partial charge on any atom is 0.573 e. The molecule has 3 N–H and O–H groups in total. The second kappa shape index (κ2) is 16.8. The molecule has 0 saturated heterocycles. The number of halogens is 5. The molecule has 1 heterocycles. The van der Waals surface area contributed by atoms with Gasteiger partial charge in [0, 0.05) is 52.1 Å². The predicted molar refractivity (Wildman–Crippen MR) is 184 cm³/mol. The van der Waals surface area contributed by atoms with Crippen LogP contribution < -0.4 is 20.3 Å². The van der Waals surface area contributed by atoms with Crippen LogP contribution >= 0.6 is 23.2 Å². The summed E-state index contributed by atoms with van der Waals surface area (Å²) >= 11 is 13.0. The van der Waals surface area contributed by atoms with E-state index >= 15 is 0 Å². The van der Waals surface area contributed by atoms with Gasteiger partial charge >= 0.3 is 6.36 Å². The molecule has 0 aliphatic carbocycles. The van der Waals surface area contributed by atoms with Gasteiger partial charge in [0.2, 0.25) is 5.90 Å². The number of aliphatic hydroxyl groups is 1. The van der Waals surface area contributed by atoms with E-state index < -0.39 is 23.9 Å². The molecule has 266 valence electrons. The van der Waals surface area contributed by atoms with Gasteiger partial charge in [-0.25, -0.2) is 10.4 Å². The number of alkyl halides is 3. The fraction of sp³-hybridized carbons (Fsp3) is 0.257. The molecule has 5 rings (SSSR count). The molecule has 0 fully saturated rings. The predicted octanol–water partition coefficient (Wildman–Crippen LogP) is 7.78. The van der Waals surface area contributed by atoms with E-state index in [1.807, 2.05) is 0 Å². The molecule has 0 bridgehead atoms. The number of rotatable bonds is 15. The quantitative estimate of drug-likeness (QED) is 0.0372. The van der Waals surface area contributed by atoms with E-state index in [4.69, 9.17) is 48.3 Å². The van der Waals surface area contributed by atoms with E-state index in [-0.39, 0.29) is 42.8 Å². The summed E-state index contributed by atoms with van der Waals surface area (Å²) < 4.78 is 54.0. The van der Waals surface area contributed by atoms with Crippen LogP contribution in [0, 0.1) is 0 Å². The lowest BCUT2D eigenvalue weighted by Gasteiger charge is -2.32. The molecule has 1 aliphatic heterocycles. The summed E-state index contributed by atoms with van der Waals surface area (Å²) in [6.07, 6.45) is -5.49. The van der Waals surface area contributed by atoms with E-state index in [2.05, 4.69) is 25.6 Å². The summed E-state index contributed by atoms with van der Waals surface area (Å²) in [5.74, 6) is -0.309. The van der Waals surface area contributed by atoms with Gasteiger partial charge in [-0.2, -0.15) is 0 Å². The largest absolute Gasteiger partial charge is 0.573 e. The van der Waals surface area contributed by atoms with Crippen molar-refractivity contribution in [3.63, 3.8) is 0 Å². The van der Waals surface area contributed by atoms with Crippen LogP contribution in [0.1, 0.15) is 40.3 Å². The number of nitrogens with one attached hydrogen (secondary N) is 2. The zero-order chi connectivity index (χ0) is 36.4. The molecule has 16 heteroatoms. The first-order valence-corrected chi connectivity index (χ1v) is 16.3. The van der Waals surface area contributed by atoms with Crippen LogP contribution in [-0.2, 0) is 29.0 Å². The van der Waals surface area contributed by atoms with Crippen molar-refractivity contribution < 1.29 is 37.3 Å². The summed E-state index contributed by atoms with van der Waals surface area (Å²) in [5.41, 5.74) is 15.7. The van der Waals surface area contributed by atoms with Crippen molar-refractivity contribution in [1.82, 2.24) is 10.9 Å². The average molecular weight is 744 g/mol. The molecule has 1 aliphatic rings. The molecule has 11 nitrogen and oxygen atoms in total. The Labute approximate surface area is 300 Å². The van der Waals surface area contributed by atoms with Gasteiger partial charge in [-0.1, -0.05) is 70.8 Å². The number of carbonyl (C=O) groups excluding carboxylic acids is 1. The second-order valence-electron chi connectivity index (χ2n) is 11.3. The molecule has 4 aromatic rings. The molecule has 0 aromatic heterocycles. The molecule has 2 atom stereocenters. The summed E-state index contributed by atoms with van der Waals surface area (Å²) in [5, 5.41) is 13.4. The number of azide groups is 1. The third-order valence-corrected chi connectivity index (χ3v) is 8.37. The van der Waals surface area contributed by atoms with Gasteiger partial charge in [0.25, 0.3) is 5.91 Å². The Hall–Kier alpha value is -4.98. The lowest BCUT2D eigenvalue weighted by Crippen LogP contribution is -2.53. The zero-order valence-electron chi connectivity index (χ0n) is 26.7. The van der Waals surface area contributed by atoms with Crippen LogP contribution in [0.5, 0.6) is 11.5 Å². The number of hydrogen-bond donors (Lipinski definition) is 3. The van der Waals surface area contributed by atoms with Crippen molar-refractivity contribution in [1.29, 1.82) is 0 Å². The minimum absolute atomic E-state index is 0.00836. The molecule has 0 unspecified atom stereocenters. The minimum atomic E-state index is -4.83. The second-order valence-corrected chi connectivity index (χ2v) is 12.1. The summed E-state index contributed by atoms with van der Waals surface area (Å²) in [6, 6.07) is 24.0. The van der Waals surface area contributed by atoms with Crippen molar-refractivity contribution in [2.24, 2.45) is 10.1 Å². The zero-order valence-corrected chi connectivity index (χ0v) is 28.3. The Bertz CT molecular complexity index is 1910. The molecular weight excluding hydrogens is 712 g/mol. The van der Waals surface area contributed by atoms with E-state index in [1.165, 1.54) is 18.2 Å². The number of ether oxygens (including phenoxy) is 3. The van der Waals surface area contributed by atoms with Crippen LogP contribution in [-0.4, -0.2) is 42.0 Å². The van der Waals surface area contributed by atoms with Crippen LogP contribution in [0.2, 0.25) is 10.0 Å².